The van der Waals surface area contributed by atoms with Crippen molar-refractivity contribution in [2.45, 2.75) is 96.5 Å². The molecule has 6 nitrogen and oxygen atoms in total. The molecule has 0 aliphatic heterocycles. The molecule has 0 radical (unpaired) electrons. The molecule has 0 aromatic heterocycles. The first-order chi connectivity index (χ1) is 18.7. The molecule has 0 unspecified atom stereocenters. The number of carbonyl (C=O) groups is 2. The van der Waals surface area contributed by atoms with Gasteiger partial charge in [-0.15, -0.1) is 0 Å². The van der Waals surface area contributed by atoms with Gasteiger partial charge in [0.15, 0.2) is 0 Å². The Balaban J connectivity index is 1.38. The first-order valence-corrected chi connectivity index (χ1v) is 14.4. The maximum Gasteiger partial charge on any atom is 0.410 e. The van der Waals surface area contributed by atoms with Crippen molar-refractivity contribution in [3.63, 3.8) is 0 Å². The van der Waals surface area contributed by atoms with Crippen LogP contribution in [0.5, 0.6) is 0 Å². The lowest BCUT2D eigenvalue weighted by Gasteiger charge is -2.38. The average molecular weight is 533 g/mol. The van der Waals surface area contributed by atoms with E-state index in [0.29, 0.717) is 30.1 Å². The SMILES string of the molecule is CC/C=C(/c1ccccc1)[C@@H]1C[C@H]1NC1CCC(N(Cc2cccc(C(=O)OC)c2)C(=O)OC(C)(C)C)CC1. The lowest BCUT2D eigenvalue weighted by atomic mass is 9.89. The van der Waals surface area contributed by atoms with Crippen LogP contribution in [-0.2, 0) is 16.0 Å². The lowest BCUT2D eigenvalue weighted by Crippen LogP contribution is -2.47. The Hall–Kier alpha value is -3.12. The largest absolute Gasteiger partial charge is 0.465 e. The van der Waals surface area contributed by atoms with E-state index in [1.54, 1.807) is 12.1 Å². The van der Waals surface area contributed by atoms with E-state index < -0.39 is 5.60 Å². The van der Waals surface area contributed by atoms with E-state index in [4.69, 9.17) is 9.47 Å². The first kappa shape index (κ1) is 28.9. The summed E-state index contributed by atoms with van der Waals surface area (Å²) in [6.07, 6.45) is 8.18. The van der Waals surface area contributed by atoms with Crippen molar-refractivity contribution in [1.29, 1.82) is 0 Å². The molecule has 6 heteroatoms. The van der Waals surface area contributed by atoms with Gasteiger partial charge >= 0.3 is 12.1 Å². The zero-order valence-corrected chi connectivity index (χ0v) is 24.1. The standard InChI is InChI=1S/C33H44N2O4/c1-6-11-28(24-13-8-7-9-14-24)29-21-30(29)34-26-16-18-27(19-17-26)35(32(37)39-33(2,3)4)22-23-12-10-15-25(20-23)31(36)38-5/h7-15,20,26-27,29-30,34H,6,16-19,21-22H2,1-5H3/b28-11-/t26?,27?,29-,30+/m0/s1. The van der Waals surface area contributed by atoms with Gasteiger partial charge in [-0.1, -0.05) is 55.5 Å². The van der Waals surface area contributed by atoms with Crippen molar-refractivity contribution >= 4 is 17.6 Å². The average Bonchev–Trinajstić information content (AvgIpc) is 3.68. The van der Waals surface area contributed by atoms with Gasteiger partial charge in [0.2, 0.25) is 0 Å². The van der Waals surface area contributed by atoms with Crippen LogP contribution >= 0.6 is 0 Å². The summed E-state index contributed by atoms with van der Waals surface area (Å²) in [5.74, 6) is 0.195. The number of carbonyl (C=O) groups excluding carboxylic acids is 2. The van der Waals surface area contributed by atoms with Crippen LogP contribution in [-0.4, -0.2) is 47.8 Å². The van der Waals surface area contributed by atoms with Crippen LogP contribution in [0, 0.1) is 5.92 Å². The van der Waals surface area contributed by atoms with Gasteiger partial charge in [0, 0.05) is 30.6 Å². The Bertz CT molecular complexity index is 1150. The number of ether oxygens (including phenoxy) is 2. The Morgan fingerprint density at radius 1 is 1.00 bits per heavy atom. The van der Waals surface area contributed by atoms with Crippen LogP contribution in [0.15, 0.2) is 60.7 Å². The fourth-order valence-corrected chi connectivity index (χ4v) is 5.69. The molecule has 1 amide bonds. The predicted molar refractivity (Wildman–Crippen MR) is 155 cm³/mol. The molecule has 2 aliphatic carbocycles. The minimum atomic E-state index is -0.578. The van der Waals surface area contributed by atoms with Crippen LogP contribution in [0.1, 0.15) is 87.7 Å². The van der Waals surface area contributed by atoms with Crippen molar-refractivity contribution in [3.8, 4) is 0 Å². The minimum absolute atomic E-state index is 0.0922. The molecule has 2 fully saturated rings. The van der Waals surface area contributed by atoms with E-state index in [0.717, 1.165) is 37.7 Å². The monoisotopic (exact) mass is 532 g/mol. The normalized spacial score (nSPS) is 23.2. The highest BCUT2D eigenvalue weighted by Gasteiger charge is 2.42. The Morgan fingerprint density at radius 3 is 2.33 bits per heavy atom. The third-order valence-electron chi connectivity index (χ3n) is 7.64. The molecule has 2 aromatic carbocycles. The molecule has 2 aliphatic rings. The lowest BCUT2D eigenvalue weighted by molar-refractivity contribution is 0.00876. The van der Waals surface area contributed by atoms with E-state index in [2.05, 4.69) is 48.6 Å². The highest BCUT2D eigenvalue weighted by molar-refractivity contribution is 5.89. The topological polar surface area (TPSA) is 67.9 Å². The number of methoxy groups -OCH3 is 1. The maximum absolute atomic E-state index is 13.3. The molecule has 2 aromatic rings. The van der Waals surface area contributed by atoms with Gasteiger partial charge in [-0.2, -0.15) is 0 Å². The zero-order valence-electron chi connectivity index (χ0n) is 24.1. The highest BCUT2D eigenvalue weighted by Crippen LogP contribution is 2.43. The van der Waals surface area contributed by atoms with Gasteiger partial charge in [0.1, 0.15) is 5.60 Å². The van der Waals surface area contributed by atoms with E-state index in [1.165, 1.54) is 24.7 Å². The third-order valence-corrected chi connectivity index (χ3v) is 7.64. The number of nitrogens with one attached hydrogen (secondary N) is 1. The molecule has 210 valence electrons. The van der Waals surface area contributed by atoms with Gasteiger partial charge in [-0.25, -0.2) is 9.59 Å². The number of rotatable bonds is 9. The van der Waals surface area contributed by atoms with E-state index >= 15 is 0 Å². The Morgan fingerprint density at radius 2 is 1.69 bits per heavy atom. The summed E-state index contributed by atoms with van der Waals surface area (Å²) in [7, 11) is 1.38. The molecule has 0 spiro atoms. The Kier molecular flexibility index (Phi) is 9.49. The van der Waals surface area contributed by atoms with Crippen molar-refractivity contribution < 1.29 is 19.1 Å². The summed E-state index contributed by atoms with van der Waals surface area (Å²) >= 11 is 0. The molecule has 1 N–H and O–H groups in total. The molecule has 0 heterocycles. The molecule has 39 heavy (non-hydrogen) atoms. The Labute approximate surface area is 233 Å². The number of hydrogen-bond acceptors (Lipinski definition) is 5. The number of hydrogen-bond donors (Lipinski definition) is 1. The predicted octanol–water partition coefficient (Wildman–Crippen LogP) is 6.99. The summed E-state index contributed by atoms with van der Waals surface area (Å²) in [6, 6.07) is 19.1. The number of nitrogens with zero attached hydrogens (tertiary/aromatic N) is 1. The quantitative estimate of drug-likeness (QED) is 0.353. The van der Waals surface area contributed by atoms with Crippen molar-refractivity contribution in [3.05, 3.63) is 77.4 Å². The third kappa shape index (κ3) is 7.95. The van der Waals surface area contributed by atoms with Crippen LogP contribution in [0.2, 0.25) is 0 Å². The van der Waals surface area contributed by atoms with Crippen molar-refractivity contribution in [1.82, 2.24) is 10.2 Å². The van der Waals surface area contributed by atoms with E-state index in [1.807, 2.05) is 37.8 Å². The van der Waals surface area contributed by atoms with Crippen LogP contribution in [0.3, 0.4) is 0 Å². The summed E-state index contributed by atoms with van der Waals surface area (Å²) in [6.45, 7) is 8.28. The van der Waals surface area contributed by atoms with Crippen molar-refractivity contribution in [2.24, 2.45) is 5.92 Å². The molecule has 2 saturated carbocycles. The van der Waals surface area contributed by atoms with E-state index in [-0.39, 0.29) is 18.1 Å². The van der Waals surface area contributed by atoms with Gasteiger partial charge < -0.3 is 19.7 Å². The second-order valence-electron chi connectivity index (χ2n) is 11.9. The maximum atomic E-state index is 13.3. The van der Waals surface area contributed by atoms with Gasteiger partial charge in [0.05, 0.1) is 12.7 Å². The summed E-state index contributed by atoms with van der Waals surface area (Å²) < 4.78 is 10.7. The smallest absolute Gasteiger partial charge is 0.410 e. The minimum Gasteiger partial charge on any atom is -0.465 e. The molecule has 0 saturated heterocycles. The zero-order chi connectivity index (χ0) is 28.0. The summed E-state index contributed by atoms with van der Waals surface area (Å²) in [5.41, 5.74) is 3.60. The summed E-state index contributed by atoms with van der Waals surface area (Å²) in [5, 5.41) is 3.93. The van der Waals surface area contributed by atoms with Crippen molar-refractivity contribution in [2.75, 3.05) is 7.11 Å². The number of allylic oxidation sites excluding steroid dienone is 1. The first-order valence-electron chi connectivity index (χ1n) is 14.4. The van der Waals surface area contributed by atoms with Gasteiger partial charge in [-0.3, -0.25) is 0 Å². The molecule has 4 rings (SSSR count). The van der Waals surface area contributed by atoms with Crippen LogP contribution in [0.25, 0.3) is 5.57 Å². The highest BCUT2D eigenvalue weighted by atomic mass is 16.6. The summed E-state index contributed by atoms with van der Waals surface area (Å²) in [4.78, 5) is 27.2. The molecular formula is C33H44N2O4. The second-order valence-corrected chi connectivity index (χ2v) is 11.9. The fraction of sp³-hybridized carbons (Fsp3) is 0.515. The molecule has 2 atom stereocenters. The van der Waals surface area contributed by atoms with Crippen LogP contribution in [0.4, 0.5) is 4.79 Å². The van der Waals surface area contributed by atoms with Gasteiger partial charge in [0.25, 0.3) is 0 Å². The molecule has 0 bridgehead atoms. The second kappa shape index (κ2) is 12.8. The number of benzene rings is 2. The molecular weight excluding hydrogens is 488 g/mol. The number of esters is 1. The van der Waals surface area contributed by atoms with Crippen LogP contribution < -0.4 is 5.32 Å². The number of amides is 1. The van der Waals surface area contributed by atoms with E-state index in [9.17, 15) is 9.59 Å². The fourth-order valence-electron chi connectivity index (χ4n) is 5.69. The van der Waals surface area contributed by atoms with Gasteiger partial charge in [-0.05, 0) is 88.1 Å².